The van der Waals surface area contributed by atoms with Gasteiger partial charge in [-0.25, -0.2) is 9.78 Å². The molecular weight excluding hydrogens is 492 g/mol. The number of carbonyl (C=O) groups is 1. The molecule has 1 aromatic carbocycles. The Hall–Kier alpha value is -3.81. The Balaban J connectivity index is 1.35. The summed E-state index contributed by atoms with van der Waals surface area (Å²) in [6.45, 7) is 9.33. The number of H-pyrrole nitrogens is 1. The van der Waals surface area contributed by atoms with Crippen LogP contribution < -0.4 is 5.32 Å². The highest BCUT2D eigenvalue weighted by Crippen LogP contribution is 2.31. The van der Waals surface area contributed by atoms with Crippen LogP contribution in [0.5, 0.6) is 0 Å². The summed E-state index contributed by atoms with van der Waals surface area (Å²) in [5.41, 5.74) is 7.79. The molecule has 1 aliphatic heterocycles. The zero-order valence-electron chi connectivity index (χ0n) is 21.8. The number of nitrogens with one attached hydrogen (secondary N) is 2. The van der Waals surface area contributed by atoms with E-state index in [0.717, 1.165) is 63.1 Å². The third-order valence-electron chi connectivity index (χ3n) is 6.67. The van der Waals surface area contributed by atoms with E-state index in [9.17, 15) is 4.79 Å². The summed E-state index contributed by atoms with van der Waals surface area (Å²) in [6, 6.07) is 10.5. The molecule has 1 atom stereocenters. The highest BCUT2D eigenvalue weighted by molar-refractivity contribution is 7.12. The first kappa shape index (κ1) is 25.8. The van der Waals surface area contributed by atoms with Crippen molar-refractivity contribution in [3.8, 4) is 22.4 Å². The second-order valence-corrected chi connectivity index (χ2v) is 10.7. The van der Waals surface area contributed by atoms with Crippen LogP contribution in [-0.2, 0) is 4.74 Å². The van der Waals surface area contributed by atoms with E-state index in [4.69, 9.17) is 4.74 Å². The normalized spacial score (nSPS) is 16.3. The van der Waals surface area contributed by atoms with E-state index in [0.29, 0.717) is 11.5 Å². The van der Waals surface area contributed by atoms with E-state index in [-0.39, 0.29) is 12.0 Å². The van der Waals surface area contributed by atoms with E-state index >= 15 is 0 Å². The average Bonchev–Trinajstić information content (AvgIpc) is 3.62. The molecule has 38 heavy (non-hydrogen) atoms. The highest BCUT2D eigenvalue weighted by Gasteiger charge is 2.17. The second-order valence-electron chi connectivity index (χ2n) is 9.76. The molecule has 0 saturated carbocycles. The molecule has 3 aromatic heterocycles. The molecule has 1 aliphatic rings. The quantitative estimate of drug-likeness (QED) is 0.188. The number of aromatic amines is 1. The van der Waals surface area contributed by atoms with Gasteiger partial charge in [-0.05, 0) is 74.0 Å². The lowest BCUT2D eigenvalue weighted by atomic mass is 10.0. The van der Waals surface area contributed by atoms with Gasteiger partial charge in [0.05, 0.1) is 23.2 Å². The lowest BCUT2D eigenvalue weighted by Crippen LogP contribution is -2.38. The maximum Gasteiger partial charge on any atom is 0.348 e. The molecule has 0 radical (unpaired) electrons. The van der Waals surface area contributed by atoms with Crippen LogP contribution in [0.4, 0.5) is 0 Å². The van der Waals surface area contributed by atoms with E-state index < -0.39 is 0 Å². The topological polar surface area (TPSA) is 79.9 Å². The van der Waals surface area contributed by atoms with Crippen molar-refractivity contribution in [1.29, 1.82) is 0 Å². The molecule has 1 saturated heterocycles. The Bertz CT molecular complexity index is 1520. The number of allylic oxidation sites excluding steroid dienone is 5. The fraction of sp³-hybridized carbons (Fsp3) is 0.258. The molecule has 0 spiro atoms. The standard InChI is InChI=1S/C31H32N4O2S/c1-20(2)7-6-8-21(3)29-30(35-19-34-29)22-10-11-27-23(13-22)14-24(16-33-27)25-15-28(38-18-25)31(36)37-17-26-9-4-5-12-32-26/h6-8,10-11,13-16,18-19,26,32H,1,4-5,9,12,17H2,2-3H3,(H,34,35)/b7-6-,21-8+/t26-/m1/s1. The first-order chi connectivity index (χ1) is 18.5. The number of hydrogen-bond donors (Lipinski definition) is 2. The zero-order chi connectivity index (χ0) is 26.5. The first-order valence-corrected chi connectivity index (χ1v) is 13.8. The SMILES string of the molecule is C=C(C)/C=C\C=C(/C)c1nc[nH]c1-c1ccc2ncc(-c3csc(C(=O)OC[C@H]4CCCCN4)c3)cc2c1. The van der Waals surface area contributed by atoms with E-state index in [1.807, 2.05) is 55.8 Å². The Morgan fingerprint density at radius 3 is 2.84 bits per heavy atom. The summed E-state index contributed by atoms with van der Waals surface area (Å²) >= 11 is 1.41. The molecular formula is C31H32N4O2S. The number of fused-ring (bicyclic) bond motifs is 1. The molecule has 4 heterocycles. The number of esters is 1. The van der Waals surface area contributed by atoms with Gasteiger partial charge in [-0.3, -0.25) is 4.98 Å². The van der Waals surface area contributed by atoms with Gasteiger partial charge in [0.25, 0.3) is 0 Å². The summed E-state index contributed by atoms with van der Waals surface area (Å²) in [4.78, 5) is 25.8. The molecule has 0 bridgehead atoms. The number of ether oxygens (including phenoxy) is 1. The van der Waals surface area contributed by atoms with E-state index in [1.165, 1.54) is 24.2 Å². The molecule has 6 nitrogen and oxygen atoms in total. The minimum Gasteiger partial charge on any atom is -0.460 e. The van der Waals surface area contributed by atoms with Crippen molar-refractivity contribution in [2.45, 2.75) is 39.2 Å². The summed E-state index contributed by atoms with van der Waals surface area (Å²) in [5, 5.41) is 6.42. The Morgan fingerprint density at radius 2 is 2.03 bits per heavy atom. The van der Waals surface area contributed by atoms with Crippen molar-refractivity contribution < 1.29 is 9.53 Å². The number of aromatic nitrogens is 3. The Labute approximate surface area is 227 Å². The van der Waals surface area contributed by atoms with Crippen LogP contribution >= 0.6 is 11.3 Å². The number of benzene rings is 1. The number of pyridine rings is 1. The number of nitrogens with zero attached hydrogens (tertiary/aromatic N) is 2. The molecule has 2 N–H and O–H groups in total. The summed E-state index contributed by atoms with van der Waals surface area (Å²) < 4.78 is 5.58. The summed E-state index contributed by atoms with van der Waals surface area (Å²) in [5.74, 6) is -0.266. The van der Waals surface area contributed by atoms with E-state index in [2.05, 4.69) is 45.0 Å². The zero-order valence-corrected chi connectivity index (χ0v) is 22.6. The molecule has 194 valence electrons. The first-order valence-electron chi connectivity index (χ1n) is 12.9. The number of thiophene rings is 1. The molecule has 5 rings (SSSR count). The largest absolute Gasteiger partial charge is 0.460 e. The monoisotopic (exact) mass is 524 g/mol. The predicted molar refractivity (Wildman–Crippen MR) is 156 cm³/mol. The molecule has 0 unspecified atom stereocenters. The average molecular weight is 525 g/mol. The van der Waals surface area contributed by atoms with Crippen LogP contribution in [0.1, 0.15) is 48.5 Å². The number of rotatable bonds is 8. The van der Waals surface area contributed by atoms with Gasteiger partial charge in [0.2, 0.25) is 0 Å². The lowest BCUT2D eigenvalue weighted by molar-refractivity contribution is 0.0457. The van der Waals surface area contributed by atoms with Gasteiger partial charge in [0, 0.05) is 28.8 Å². The lowest BCUT2D eigenvalue weighted by Gasteiger charge is -2.22. The smallest absolute Gasteiger partial charge is 0.348 e. The van der Waals surface area contributed by atoms with Crippen LogP contribution in [0.2, 0.25) is 0 Å². The van der Waals surface area contributed by atoms with Gasteiger partial charge in [0.15, 0.2) is 0 Å². The van der Waals surface area contributed by atoms with Gasteiger partial charge < -0.3 is 15.0 Å². The van der Waals surface area contributed by atoms with Crippen molar-refractivity contribution >= 4 is 33.8 Å². The fourth-order valence-electron chi connectivity index (χ4n) is 4.60. The maximum atomic E-state index is 12.6. The Morgan fingerprint density at radius 1 is 1.16 bits per heavy atom. The van der Waals surface area contributed by atoms with Crippen molar-refractivity contribution in [3.63, 3.8) is 0 Å². The van der Waals surface area contributed by atoms with Crippen molar-refractivity contribution in [2.75, 3.05) is 13.2 Å². The number of carbonyl (C=O) groups excluding carboxylic acids is 1. The number of imidazole rings is 1. The van der Waals surface area contributed by atoms with Gasteiger partial charge in [0.1, 0.15) is 11.5 Å². The molecule has 0 aliphatic carbocycles. The third kappa shape index (κ3) is 6.01. The number of piperidine rings is 1. The molecule has 7 heteroatoms. The van der Waals surface area contributed by atoms with Crippen molar-refractivity contribution in [3.05, 3.63) is 89.2 Å². The van der Waals surface area contributed by atoms with Gasteiger partial charge in [-0.2, -0.15) is 0 Å². The van der Waals surface area contributed by atoms with Gasteiger partial charge >= 0.3 is 5.97 Å². The molecule has 4 aromatic rings. The summed E-state index contributed by atoms with van der Waals surface area (Å²) in [7, 11) is 0. The molecule has 0 amide bonds. The second kappa shape index (κ2) is 11.7. The highest BCUT2D eigenvalue weighted by atomic mass is 32.1. The maximum absolute atomic E-state index is 12.6. The summed E-state index contributed by atoms with van der Waals surface area (Å²) in [6.07, 6.45) is 13.0. The van der Waals surface area contributed by atoms with Crippen molar-refractivity contribution in [1.82, 2.24) is 20.3 Å². The number of hydrogen-bond acceptors (Lipinski definition) is 6. The van der Waals surface area contributed by atoms with Crippen LogP contribution in [0, 0.1) is 0 Å². The van der Waals surface area contributed by atoms with Crippen LogP contribution in [-0.4, -0.2) is 40.1 Å². The predicted octanol–water partition coefficient (Wildman–Crippen LogP) is 7.19. The van der Waals surface area contributed by atoms with Crippen molar-refractivity contribution in [2.24, 2.45) is 0 Å². The minimum absolute atomic E-state index is 0.258. The van der Waals surface area contributed by atoms with Crippen LogP contribution in [0.3, 0.4) is 0 Å². The van der Waals surface area contributed by atoms with Crippen LogP contribution in [0.25, 0.3) is 38.9 Å². The third-order valence-corrected chi connectivity index (χ3v) is 7.58. The van der Waals surface area contributed by atoms with Crippen LogP contribution in [0.15, 0.2) is 78.6 Å². The van der Waals surface area contributed by atoms with Gasteiger partial charge in [-0.15, -0.1) is 11.3 Å². The Kier molecular flexibility index (Phi) is 7.96. The fourth-order valence-corrected chi connectivity index (χ4v) is 5.41. The van der Waals surface area contributed by atoms with Gasteiger partial charge in [-0.1, -0.05) is 42.9 Å². The van der Waals surface area contributed by atoms with E-state index in [1.54, 1.807) is 6.33 Å². The molecule has 1 fully saturated rings. The minimum atomic E-state index is -0.266.